The van der Waals surface area contributed by atoms with Crippen molar-refractivity contribution < 1.29 is 42.1 Å². The first-order valence-electron chi connectivity index (χ1n) is 32.2. The summed E-state index contributed by atoms with van der Waals surface area (Å²) < 4.78 is 34.2. The Bertz CT molecular complexity index is 1760. The van der Waals surface area contributed by atoms with E-state index in [4.69, 9.17) is 18.5 Å². The zero-order chi connectivity index (χ0) is 58.4. The molecule has 80 heavy (non-hydrogen) atoms. The molecule has 0 aromatic rings. The monoisotopic (exact) mass is 1130 g/mol. The molecule has 9 nitrogen and oxygen atoms in total. The van der Waals surface area contributed by atoms with Crippen LogP contribution in [0.1, 0.15) is 258 Å². The van der Waals surface area contributed by atoms with E-state index in [1.165, 1.54) is 116 Å². The van der Waals surface area contributed by atoms with Gasteiger partial charge in [-0.3, -0.25) is 14.2 Å². The zero-order valence-electron chi connectivity index (χ0n) is 52.0. The van der Waals surface area contributed by atoms with Gasteiger partial charge in [0.2, 0.25) is 0 Å². The van der Waals surface area contributed by atoms with Gasteiger partial charge in [0, 0.05) is 12.8 Å². The molecular formula is C70H120NO8P. The van der Waals surface area contributed by atoms with Crippen molar-refractivity contribution >= 4 is 19.8 Å². The van der Waals surface area contributed by atoms with Crippen molar-refractivity contribution in [3.05, 3.63) is 122 Å². The van der Waals surface area contributed by atoms with E-state index in [2.05, 4.69) is 135 Å². The number of hydrogen-bond acceptors (Lipinski definition) is 8. The van der Waals surface area contributed by atoms with Gasteiger partial charge in [0.05, 0.1) is 27.7 Å². The summed E-state index contributed by atoms with van der Waals surface area (Å²) in [5.41, 5.74) is 0. The summed E-state index contributed by atoms with van der Waals surface area (Å²) in [6, 6.07) is 0. The second-order valence-corrected chi connectivity index (χ2v) is 23.8. The van der Waals surface area contributed by atoms with Crippen molar-refractivity contribution in [3.63, 3.8) is 0 Å². The van der Waals surface area contributed by atoms with Gasteiger partial charge in [-0.15, -0.1) is 0 Å². The Morgan fingerprint density at radius 2 is 0.713 bits per heavy atom. The molecule has 2 atom stereocenters. The third kappa shape index (κ3) is 63.6. The number of esters is 2. The maximum Gasteiger partial charge on any atom is 0.306 e. The molecule has 2 unspecified atom stereocenters. The van der Waals surface area contributed by atoms with Crippen LogP contribution in [0, 0.1) is 0 Å². The molecule has 0 saturated heterocycles. The number of carbonyl (C=O) groups excluding carboxylic acids is 2. The quantitative estimate of drug-likeness (QED) is 0.0195. The first kappa shape index (κ1) is 76.4. The number of phosphoric acid groups is 1. The summed E-state index contributed by atoms with van der Waals surface area (Å²) in [4.78, 5) is 38.0. The van der Waals surface area contributed by atoms with E-state index in [9.17, 15) is 19.0 Å². The number of quaternary nitrogens is 1. The molecule has 0 rings (SSSR count). The maximum absolute atomic E-state index is 12.8. The second-order valence-electron chi connectivity index (χ2n) is 22.4. The van der Waals surface area contributed by atoms with Crippen LogP contribution >= 0.6 is 7.82 Å². The van der Waals surface area contributed by atoms with Gasteiger partial charge in [0.1, 0.15) is 19.8 Å². The minimum absolute atomic E-state index is 0.0410. The van der Waals surface area contributed by atoms with Crippen LogP contribution in [0.2, 0.25) is 0 Å². The molecular weight excluding hydrogens is 1010 g/mol. The molecule has 0 aromatic carbocycles. The topological polar surface area (TPSA) is 111 Å². The number of rotatable bonds is 58. The van der Waals surface area contributed by atoms with Gasteiger partial charge >= 0.3 is 11.9 Å². The predicted octanol–water partition coefficient (Wildman–Crippen LogP) is 20.1. The highest BCUT2D eigenvalue weighted by Gasteiger charge is 2.22. The highest BCUT2D eigenvalue weighted by Crippen LogP contribution is 2.38. The fourth-order valence-corrected chi connectivity index (χ4v) is 9.30. The number of carbonyl (C=O) groups is 2. The Morgan fingerprint density at radius 3 is 1.06 bits per heavy atom. The average molecular weight is 1130 g/mol. The van der Waals surface area contributed by atoms with Crippen LogP contribution in [-0.2, 0) is 32.7 Å². The third-order valence-corrected chi connectivity index (χ3v) is 14.5. The molecule has 0 fully saturated rings. The van der Waals surface area contributed by atoms with Gasteiger partial charge in [-0.05, 0) is 89.9 Å². The molecule has 0 radical (unpaired) electrons. The lowest BCUT2D eigenvalue weighted by atomic mass is 10.0. The highest BCUT2D eigenvalue weighted by atomic mass is 31.2. The molecule has 0 aliphatic carbocycles. The van der Waals surface area contributed by atoms with Gasteiger partial charge in [0.25, 0.3) is 7.82 Å². The van der Waals surface area contributed by atoms with Gasteiger partial charge in [-0.1, -0.05) is 277 Å². The van der Waals surface area contributed by atoms with Crippen molar-refractivity contribution in [1.82, 2.24) is 0 Å². The molecule has 0 saturated carbocycles. The minimum Gasteiger partial charge on any atom is -0.756 e. The molecule has 0 amide bonds. The highest BCUT2D eigenvalue weighted by molar-refractivity contribution is 7.45. The summed E-state index contributed by atoms with van der Waals surface area (Å²) in [6.07, 6.45) is 85.4. The van der Waals surface area contributed by atoms with Crippen LogP contribution in [0.3, 0.4) is 0 Å². The number of unbranched alkanes of at least 4 members (excludes halogenated alkanes) is 24. The SMILES string of the molecule is CC/C=C\C/C=C\C/C=C\C/C=C\C/C=C\C/C=C\C/C=C\C/C=C\C/C=C\C/C=C\CCCCCCC(=O)OC(COC(=O)CCCCCCCCCCCCCCCCCCCCCCC)COP(=O)([O-])OCC[N+](C)(C)C. The molecule has 10 heteroatoms. The van der Waals surface area contributed by atoms with Crippen molar-refractivity contribution in [2.45, 2.75) is 264 Å². The van der Waals surface area contributed by atoms with Crippen LogP contribution < -0.4 is 4.89 Å². The average Bonchev–Trinajstić information content (AvgIpc) is 3.42. The smallest absolute Gasteiger partial charge is 0.306 e. The third-order valence-electron chi connectivity index (χ3n) is 13.5. The number of allylic oxidation sites excluding steroid dienone is 20. The van der Waals surface area contributed by atoms with Gasteiger partial charge < -0.3 is 27.9 Å². The molecule has 0 N–H and O–H groups in total. The largest absolute Gasteiger partial charge is 0.756 e. The first-order chi connectivity index (χ1) is 39.0. The number of phosphoric ester groups is 1. The van der Waals surface area contributed by atoms with Crippen LogP contribution in [0.5, 0.6) is 0 Å². The molecule has 0 aliphatic heterocycles. The normalized spacial score (nSPS) is 14.0. The molecule has 0 aliphatic rings. The van der Waals surface area contributed by atoms with E-state index in [1.54, 1.807) is 0 Å². The standard InChI is InChI=1S/C70H120NO8P/c1-6-8-10-12-14-16-18-20-22-24-26-28-29-30-31-32-33-34-35-36-37-38-39-40-41-43-45-47-49-51-53-55-57-59-61-63-70(73)79-68(67-78-80(74,75)77-65-64-71(3,4)5)66-76-69(72)62-60-58-56-54-52-50-48-46-44-42-27-25-23-21-19-17-15-13-11-9-7-2/h8,10,14,16,20,22,26,28,30-31,33-34,36-37,39-40,43,45,49,51,68H,6-7,9,11-13,15,17-19,21,23-25,27,29,32,35,38,41-42,44,46-48,50,52-67H2,1-5H3/b10-8-,16-14-,22-20-,28-26-,31-30-,34-33-,37-36-,40-39-,45-43-,51-49-. The fraction of sp³-hybridized carbons (Fsp3) is 0.686. The van der Waals surface area contributed by atoms with E-state index in [-0.39, 0.29) is 26.1 Å². The molecule has 458 valence electrons. The van der Waals surface area contributed by atoms with Gasteiger partial charge in [-0.2, -0.15) is 0 Å². The number of hydrogen-bond donors (Lipinski definition) is 0. The molecule has 0 aromatic heterocycles. The van der Waals surface area contributed by atoms with E-state index >= 15 is 0 Å². The Kier molecular flexibility index (Phi) is 57.3. The van der Waals surface area contributed by atoms with Crippen molar-refractivity contribution in [3.8, 4) is 0 Å². The Labute approximate surface area is 492 Å². The van der Waals surface area contributed by atoms with Crippen LogP contribution in [0.4, 0.5) is 0 Å². The van der Waals surface area contributed by atoms with Crippen LogP contribution in [-0.4, -0.2) is 70.0 Å². The molecule has 0 spiro atoms. The number of nitrogens with zero attached hydrogens (tertiary/aromatic N) is 1. The first-order valence-corrected chi connectivity index (χ1v) is 33.7. The number of ether oxygens (including phenoxy) is 2. The van der Waals surface area contributed by atoms with Crippen molar-refractivity contribution in [1.29, 1.82) is 0 Å². The van der Waals surface area contributed by atoms with E-state index in [1.807, 2.05) is 21.1 Å². The van der Waals surface area contributed by atoms with Crippen molar-refractivity contribution in [2.75, 3.05) is 47.5 Å². The Morgan fingerprint density at radius 1 is 0.400 bits per heavy atom. The predicted molar refractivity (Wildman–Crippen MR) is 341 cm³/mol. The maximum atomic E-state index is 12.8. The minimum atomic E-state index is -4.65. The van der Waals surface area contributed by atoms with Gasteiger partial charge in [0.15, 0.2) is 6.10 Å². The summed E-state index contributed by atoms with van der Waals surface area (Å²) >= 11 is 0. The Hall–Kier alpha value is -3.59. The lowest BCUT2D eigenvalue weighted by molar-refractivity contribution is -0.870. The van der Waals surface area contributed by atoms with E-state index in [0.717, 1.165) is 109 Å². The fourth-order valence-electron chi connectivity index (χ4n) is 8.57. The Balaban J connectivity index is 4.21. The summed E-state index contributed by atoms with van der Waals surface area (Å²) in [5.74, 6) is -0.862. The summed E-state index contributed by atoms with van der Waals surface area (Å²) in [6.45, 7) is 4.11. The van der Waals surface area contributed by atoms with Crippen LogP contribution in [0.15, 0.2) is 122 Å². The molecule has 0 heterocycles. The lowest BCUT2D eigenvalue weighted by Crippen LogP contribution is -2.37. The summed E-state index contributed by atoms with van der Waals surface area (Å²) in [7, 11) is 1.14. The molecule has 0 bridgehead atoms. The van der Waals surface area contributed by atoms with E-state index in [0.29, 0.717) is 17.4 Å². The van der Waals surface area contributed by atoms with Crippen LogP contribution in [0.25, 0.3) is 0 Å². The summed E-state index contributed by atoms with van der Waals surface area (Å²) in [5, 5.41) is 0. The van der Waals surface area contributed by atoms with E-state index < -0.39 is 32.5 Å². The second kappa shape index (κ2) is 60.0. The number of likely N-dealkylation sites (N-methyl/N-ethyl adjacent to an activating group) is 1. The lowest BCUT2D eigenvalue weighted by Gasteiger charge is -2.28. The van der Waals surface area contributed by atoms with Crippen molar-refractivity contribution in [2.24, 2.45) is 0 Å². The zero-order valence-corrected chi connectivity index (χ0v) is 52.9. The van der Waals surface area contributed by atoms with Gasteiger partial charge in [-0.25, -0.2) is 0 Å².